The maximum atomic E-state index is 5.63. The second-order valence-electron chi connectivity index (χ2n) is 5.24. The summed E-state index contributed by atoms with van der Waals surface area (Å²) in [6, 6.07) is 10.6. The molecule has 3 rings (SSSR count). The van der Waals surface area contributed by atoms with Crippen molar-refractivity contribution >= 4 is 17.0 Å². The normalized spacial score (nSPS) is 15.2. The summed E-state index contributed by atoms with van der Waals surface area (Å²) in [4.78, 5) is 1.36. The smallest absolute Gasteiger partial charge is 0.163 e. The standard InChI is InChI=1S/C16H19NO2S/c1-11(2)16(15-4-3-9-20-15)17-12-5-6-13-14(10-12)19-8-7-18-13/h3-6,9-11,16-17H,7-8H2,1-2H3. The number of thiophene rings is 1. The Morgan fingerprint density at radius 3 is 2.60 bits per heavy atom. The summed E-state index contributed by atoms with van der Waals surface area (Å²) in [5.74, 6) is 2.18. The fourth-order valence-corrected chi connectivity index (χ4v) is 3.30. The van der Waals surface area contributed by atoms with Gasteiger partial charge in [0.05, 0.1) is 6.04 Å². The van der Waals surface area contributed by atoms with Crippen LogP contribution in [0.5, 0.6) is 11.5 Å². The lowest BCUT2D eigenvalue weighted by Gasteiger charge is -2.24. The van der Waals surface area contributed by atoms with E-state index in [9.17, 15) is 0 Å². The first-order chi connectivity index (χ1) is 9.74. The van der Waals surface area contributed by atoms with E-state index in [-0.39, 0.29) is 0 Å². The van der Waals surface area contributed by atoms with Crippen molar-refractivity contribution in [3.05, 3.63) is 40.6 Å². The summed E-state index contributed by atoms with van der Waals surface area (Å²) in [5.41, 5.74) is 1.07. The molecule has 2 aromatic rings. The fourth-order valence-electron chi connectivity index (χ4n) is 2.35. The van der Waals surface area contributed by atoms with Crippen molar-refractivity contribution in [3.8, 4) is 11.5 Å². The third kappa shape index (κ3) is 2.75. The second kappa shape index (κ2) is 5.75. The van der Waals surface area contributed by atoms with E-state index in [1.54, 1.807) is 11.3 Å². The molecule has 1 aliphatic rings. The lowest BCUT2D eigenvalue weighted by atomic mass is 10.0. The van der Waals surface area contributed by atoms with Gasteiger partial charge in [0.2, 0.25) is 0 Å². The SMILES string of the molecule is CC(C)C(Nc1ccc2c(c1)OCCO2)c1cccs1. The van der Waals surface area contributed by atoms with Gasteiger partial charge in [-0.25, -0.2) is 0 Å². The highest BCUT2D eigenvalue weighted by atomic mass is 32.1. The number of benzene rings is 1. The van der Waals surface area contributed by atoms with Gasteiger partial charge in [0, 0.05) is 16.6 Å². The summed E-state index contributed by atoms with van der Waals surface area (Å²) in [6.07, 6.45) is 0. The first kappa shape index (κ1) is 13.3. The van der Waals surface area contributed by atoms with Crippen LogP contribution in [0.3, 0.4) is 0 Å². The molecule has 0 fully saturated rings. The average molecular weight is 289 g/mol. The predicted molar refractivity (Wildman–Crippen MR) is 83.0 cm³/mol. The quantitative estimate of drug-likeness (QED) is 0.908. The molecular formula is C16H19NO2S. The Labute approximate surface area is 123 Å². The molecule has 4 heteroatoms. The van der Waals surface area contributed by atoms with E-state index < -0.39 is 0 Å². The topological polar surface area (TPSA) is 30.5 Å². The van der Waals surface area contributed by atoms with Crippen LogP contribution in [0.15, 0.2) is 35.7 Å². The number of fused-ring (bicyclic) bond motifs is 1. The molecule has 0 aliphatic carbocycles. The Morgan fingerprint density at radius 2 is 1.90 bits per heavy atom. The summed E-state index contributed by atoms with van der Waals surface area (Å²) < 4.78 is 11.2. The maximum Gasteiger partial charge on any atom is 0.163 e. The molecule has 0 saturated heterocycles. The summed E-state index contributed by atoms with van der Waals surface area (Å²) in [5, 5.41) is 5.73. The van der Waals surface area contributed by atoms with Gasteiger partial charge >= 0.3 is 0 Å². The van der Waals surface area contributed by atoms with E-state index in [4.69, 9.17) is 9.47 Å². The Morgan fingerprint density at radius 1 is 1.10 bits per heavy atom. The van der Waals surface area contributed by atoms with Crippen LogP contribution in [-0.2, 0) is 0 Å². The average Bonchev–Trinajstić information content (AvgIpc) is 2.98. The van der Waals surface area contributed by atoms with Crippen molar-refractivity contribution in [1.82, 2.24) is 0 Å². The van der Waals surface area contributed by atoms with E-state index in [1.807, 2.05) is 12.1 Å². The minimum atomic E-state index is 0.317. The number of anilines is 1. The molecule has 106 valence electrons. The van der Waals surface area contributed by atoms with Crippen LogP contribution in [-0.4, -0.2) is 13.2 Å². The van der Waals surface area contributed by atoms with Crippen molar-refractivity contribution in [3.63, 3.8) is 0 Å². The molecule has 20 heavy (non-hydrogen) atoms. The minimum Gasteiger partial charge on any atom is -0.486 e. The lowest BCUT2D eigenvalue weighted by Crippen LogP contribution is -2.17. The van der Waals surface area contributed by atoms with Gasteiger partial charge in [0.15, 0.2) is 11.5 Å². The van der Waals surface area contributed by atoms with Crippen molar-refractivity contribution in [2.24, 2.45) is 5.92 Å². The third-order valence-corrected chi connectivity index (χ3v) is 4.34. The number of hydrogen-bond donors (Lipinski definition) is 1. The number of rotatable bonds is 4. The monoisotopic (exact) mass is 289 g/mol. The van der Waals surface area contributed by atoms with Crippen molar-refractivity contribution in [1.29, 1.82) is 0 Å². The van der Waals surface area contributed by atoms with Crippen LogP contribution in [0.1, 0.15) is 24.8 Å². The van der Waals surface area contributed by atoms with E-state index >= 15 is 0 Å². The maximum absolute atomic E-state index is 5.63. The Bertz CT molecular complexity index is 566. The molecule has 1 N–H and O–H groups in total. The van der Waals surface area contributed by atoms with E-state index in [0.717, 1.165) is 17.2 Å². The zero-order chi connectivity index (χ0) is 13.9. The molecular weight excluding hydrogens is 270 g/mol. The zero-order valence-electron chi connectivity index (χ0n) is 11.8. The molecule has 0 spiro atoms. The summed E-state index contributed by atoms with van der Waals surface area (Å²) >= 11 is 1.79. The second-order valence-corrected chi connectivity index (χ2v) is 6.22. The number of hydrogen-bond acceptors (Lipinski definition) is 4. The van der Waals surface area contributed by atoms with E-state index in [2.05, 4.69) is 42.7 Å². The van der Waals surface area contributed by atoms with Gasteiger partial charge < -0.3 is 14.8 Å². The third-order valence-electron chi connectivity index (χ3n) is 3.38. The van der Waals surface area contributed by atoms with Crippen LogP contribution in [0.2, 0.25) is 0 Å². The van der Waals surface area contributed by atoms with Crippen molar-refractivity contribution < 1.29 is 9.47 Å². The van der Waals surface area contributed by atoms with Crippen LogP contribution in [0.4, 0.5) is 5.69 Å². The highest BCUT2D eigenvalue weighted by molar-refractivity contribution is 7.10. The van der Waals surface area contributed by atoms with Gasteiger partial charge in [-0.05, 0) is 29.5 Å². The van der Waals surface area contributed by atoms with Gasteiger partial charge in [-0.3, -0.25) is 0 Å². The van der Waals surface area contributed by atoms with Crippen LogP contribution < -0.4 is 14.8 Å². The molecule has 2 heterocycles. The van der Waals surface area contributed by atoms with Crippen LogP contribution in [0.25, 0.3) is 0 Å². The molecule has 0 bridgehead atoms. The zero-order valence-corrected chi connectivity index (χ0v) is 12.6. The lowest BCUT2D eigenvalue weighted by molar-refractivity contribution is 0.171. The van der Waals surface area contributed by atoms with E-state index in [0.29, 0.717) is 25.2 Å². The first-order valence-corrected chi connectivity index (χ1v) is 7.81. The van der Waals surface area contributed by atoms with Gasteiger partial charge in [-0.1, -0.05) is 19.9 Å². The van der Waals surface area contributed by atoms with E-state index in [1.165, 1.54) is 4.88 Å². The van der Waals surface area contributed by atoms with Crippen LogP contribution >= 0.6 is 11.3 Å². The van der Waals surface area contributed by atoms with Crippen molar-refractivity contribution in [2.45, 2.75) is 19.9 Å². The Hall–Kier alpha value is -1.68. The number of nitrogens with one attached hydrogen (secondary N) is 1. The molecule has 0 amide bonds. The molecule has 1 aromatic heterocycles. The molecule has 1 aliphatic heterocycles. The fraction of sp³-hybridized carbons (Fsp3) is 0.375. The molecule has 1 aromatic carbocycles. The summed E-state index contributed by atoms with van der Waals surface area (Å²) in [6.45, 7) is 5.71. The molecule has 1 atom stereocenters. The predicted octanol–water partition coefficient (Wildman–Crippen LogP) is 4.33. The van der Waals surface area contributed by atoms with Crippen LogP contribution in [0, 0.1) is 5.92 Å². The minimum absolute atomic E-state index is 0.317. The molecule has 0 saturated carbocycles. The van der Waals surface area contributed by atoms with Gasteiger partial charge in [-0.2, -0.15) is 0 Å². The van der Waals surface area contributed by atoms with Gasteiger partial charge in [-0.15, -0.1) is 11.3 Å². The largest absolute Gasteiger partial charge is 0.486 e. The van der Waals surface area contributed by atoms with Crippen molar-refractivity contribution in [2.75, 3.05) is 18.5 Å². The van der Waals surface area contributed by atoms with Gasteiger partial charge in [0.1, 0.15) is 13.2 Å². The molecule has 1 unspecified atom stereocenters. The Kier molecular flexibility index (Phi) is 3.83. The van der Waals surface area contributed by atoms with Gasteiger partial charge in [0.25, 0.3) is 0 Å². The molecule has 3 nitrogen and oxygen atoms in total. The molecule has 0 radical (unpaired) electrons. The Balaban J connectivity index is 1.82. The highest BCUT2D eigenvalue weighted by Gasteiger charge is 2.18. The number of ether oxygens (including phenoxy) is 2. The highest BCUT2D eigenvalue weighted by Crippen LogP contribution is 2.35. The summed E-state index contributed by atoms with van der Waals surface area (Å²) in [7, 11) is 0. The first-order valence-electron chi connectivity index (χ1n) is 6.93.